The Hall–Kier alpha value is -2.40. The van der Waals surface area contributed by atoms with Crippen LogP contribution in [0.1, 0.15) is 30.2 Å². The molecule has 0 atom stereocenters. The van der Waals surface area contributed by atoms with Crippen LogP contribution in [0.3, 0.4) is 0 Å². The van der Waals surface area contributed by atoms with Crippen molar-refractivity contribution in [2.75, 3.05) is 32.4 Å². The molecule has 0 unspecified atom stereocenters. The van der Waals surface area contributed by atoms with Gasteiger partial charge in [0.25, 0.3) is 5.56 Å². The number of carbonyl (C=O) groups is 1. The van der Waals surface area contributed by atoms with Crippen LogP contribution in [-0.4, -0.2) is 67.3 Å². The van der Waals surface area contributed by atoms with E-state index >= 15 is 0 Å². The monoisotopic (exact) mass is 542 g/mol. The first-order valence-electron chi connectivity index (χ1n) is 12.2. The average molecular weight is 543 g/mol. The number of thiophene rings is 1. The van der Waals surface area contributed by atoms with Crippen molar-refractivity contribution in [3.05, 3.63) is 50.1 Å². The molecule has 188 valence electrons. The van der Waals surface area contributed by atoms with Crippen LogP contribution in [0, 0.1) is 5.92 Å². The van der Waals surface area contributed by atoms with Crippen molar-refractivity contribution in [1.29, 1.82) is 0 Å². The number of piperidine rings is 1. The van der Waals surface area contributed by atoms with Gasteiger partial charge in [0.15, 0.2) is 5.16 Å². The second kappa shape index (κ2) is 9.48. The number of likely N-dealkylation sites (tertiary alicyclic amines) is 1. The molecule has 36 heavy (non-hydrogen) atoms. The van der Waals surface area contributed by atoms with Crippen LogP contribution in [0.15, 0.2) is 34.2 Å². The second-order valence-electron chi connectivity index (χ2n) is 9.76. The minimum absolute atomic E-state index is 0.0932. The van der Waals surface area contributed by atoms with Crippen molar-refractivity contribution in [1.82, 2.24) is 29.0 Å². The Balaban J connectivity index is 1.47. The third-order valence-corrected chi connectivity index (χ3v) is 9.58. The van der Waals surface area contributed by atoms with Crippen LogP contribution < -0.4 is 5.56 Å². The zero-order valence-electron chi connectivity index (χ0n) is 20.2. The van der Waals surface area contributed by atoms with Gasteiger partial charge in [0, 0.05) is 36.1 Å². The fraction of sp³-hybridized carbons (Fsp3) is 0.440. The van der Waals surface area contributed by atoms with Crippen LogP contribution in [0.5, 0.6) is 0 Å². The SMILES string of the molecule is CC1CCN(C(=O)CSc2nnc3n(-c4ccc(Cl)cc4)c(=O)c4c5c(sc4n23)CN(C)CC5)CC1. The number of likely N-dealkylation sites (N-methyl/N-ethyl adjacent to an activating group) is 1. The molecule has 4 aromatic rings. The quantitative estimate of drug-likeness (QED) is 0.362. The molecular weight excluding hydrogens is 516 g/mol. The van der Waals surface area contributed by atoms with Gasteiger partial charge < -0.3 is 9.80 Å². The molecule has 2 aliphatic rings. The molecule has 6 rings (SSSR count). The van der Waals surface area contributed by atoms with Crippen LogP contribution in [0.2, 0.25) is 5.02 Å². The first-order valence-corrected chi connectivity index (χ1v) is 14.4. The smallest absolute Gasteiger partial charge is 0.268 e. The topological polar surface area (TPSA) is 75.7 Å². The summed E-state index contributed by atoms with van der Waals surface area (Å²) in [5, 5.41) is 10.9. The number of nitrogens with zero attached hydrogens (tertiary/aromatic N) is 6. The van der Waals surface area contributed by atoms with Gasteiger partial charge in [-0.25, -0.2) is 8.97 Å². The zero-order valence-corrected chi connectivity index (χ0v) is 22.6. The van der Waals surface area contributed by atoms with E-state index in [9.17, 15) is 9.59 Å². The van der Waals surface area contributed by atoms with Crippen molar-refractivity contribution >= 4 is 56.6 Å². The van der Waals surface area contributed by atoms with E-state index in [0.717, 1.165) is 61.2 Å². The number of benzene rings is 1. The largest absolute Gasteiger partial charge is 0.342 e. The van der Waals surface area contributed by atoms with Gasteiger partial charge in [0.1, 0.15) is 4.83 Å². The Bertz CT molecular complexity index is 1520. The standard InChI is InChI=1S/C25H27ClN6O2S2/c1-15-7-11-30(12-8-15)20(33)14-35-25-28-27-24-31(17-5-3-16(26)4-6-17)22(34)21-18-9-10-29(2)13-19(18)36-23(21)32(24)25/h3-6,15H,7-14H2,1-2H3. The fourth-order valence-corrected chi connectivity index (χ4v) is 7.51. The lowest BCUT2D eigenvalue weighted by Gasteiger charge is -2.30. The number of fused-ring (bicyclic) bond motifs is 5. The van der Waals surface area contributed by atoms with Crippen LogP contribution in [-0.2, 0) is 17.8 Å². The van der Waals surface area contributed by atoms with E-state index in [2.05, 4.69) is 29.1 Å². The van der Waals surface area contributed by atoms with Gasteiger partial charge in [-0.05, 0) is 62.1 Å². The Morgan fingerprint density at radius 1 is 1.17 bits per heavy atom. The molecule has 0 spiro atoms. The molecule has 1 fully saturated rings. The fourth-order valence-electron chi connectivity index (χ4n) is 5.07. The third-order valence-electron chi connectivity index (χ3n) is 7.21. The highest BCUT2D eigenvalue weighted by Gasteiger charge is 2.27. The molecular formula is C25H27ClN6O2S2. The van der Waals surface area contributed by atoms with Crippen molar-refractivity contribution in [2.45, 2.75) is 37.9 Å². The van der Waals surface area contributed by atoms with E-state index in [-0.39, 0.29) is 11.5 Å². The predicted octanol–water partition coefficient (Wildman–Crippen LogP) is 4.09. The van der Waals surface area contributed by atoms with E-state index in [4.69, 9.17) is 11.6 Å². The molecule has 1 saturated heterocycles. The minimum atomic E-state index is -0.0932. The molecule has 8 nitrogen and oxygen atoms in total. The Morgan fingerprint density at radius 3 is 2.67 bits per heavy atom. The van der Waals surface area contributed by atoms with Crippen LogP contribution in [0.25, 0.3) is 21.7 Å². The highest BCUT2D eigenvalue weighted by Crippen LogP contribution is 2.35. The summed E-state index contributed by atoms with van der Waals surface area (Å²) in [7, 11) is 2.10. The molecule has 11 heteroatoms. The average Bonchev–Trinajstić information content (AvgIpc) is 3.45. The van der Waals surface area contributed by atoms with Gasteiger partial charge in [-0.1, -0.05) is 30.3 Å². The Kier molecular flexibility index (Phi) is 6.31. The van der Waals surface area contributed by atoms with Gasteiger partial charge in [-0.3, -0.25) is 9.59 Å². The number of halogens is 1. The Labute approximate surface area is 221 Å². The summed E-state index contributed by atoms with van der Waals surface area (Å²) in [6.45, 7) is 5.58. The van der Waals surface area contributed by atoms with E-state index in [1.54, 1.807) is 28.0 Å². The number of carbonyl (C=O) groups excluding carboxylic acids is 1. The maximum Gasteiger partial charge on any atom is 0.268 e. The van der Waals surface area contributed by atoms with Crippen LogP contribution >= 0.6 is 34.7 Å². The van der Waals surface area contributed by atoms with Crippen LogP contribution in [0.4, 0.5) is 0 Å². The maximum atomic E-state index is 13.9. The molecule has 5 heterocycles. The lowest BCUT2D eigenvalue weighted by Crippen LogP contribution is -2.38. The van der Waals surface area contributed by atoms with Crippen molar-refractivity contribution < 1.29 is 4.79 Å². The first-order chi connectivity index (χ1) is 17.4. The summed E-state index contributed by atoms with van der Waals surface area (Å²) < 4.78 is 3.58. The number of amides is 1. The van der Waals surface area contributed by atoms with Gasteiger partial charge in [-0.2, -0.15) is 0 Å². The number of hydrogen-bond donors (Lipinski definition) is 0. The van der Waals surface area contributed by atoms with Crippen molar-refractivity contribution in [3.63, 3.8) is 0 Å². The molecule has 2 aliphatic heterocycles. The summed E-state index contributed by atoms with van der Waals surface area (Å²) >= 11 is 9.15. The second-order valence-corrected chi connectivity index (χ2v) is 12.2. The molecule has 0 N–H and O–H groups in total. The molecule has 0 saturated carbocycles. The molecule has 0 radical (unpaired) electrons. The summed E-state index contributed by atoms with van der Waals surface area (Å²) in [6, 6.07) is 7.19. The molecule has 0 bridgehead atoms. The normalized spacial score (nSPS) is 17.2. The lowest BCUT2D eigenvalue weighted by atomic mass is 9.99. The number of rotatable bonds is 4. The Morgan fingerprint density at radius 2 is 1.92 bits per heavy atom. The third kappa shape index (κ3) is 4.13. The molecule has 0 aliphatic carbocycles. The van der Waals surface area contributed by atoms with Gasteiger partial charge >= 0.3 is 0 Å². The first kappa shape index (κ1) is 24.0. The van der Waals surface area contributed by atoms with E-state index < -0.39 is 0 Å². The number of aromatic nitrogens is 4. The lowest BCUT2D eigenvalue weighted by molar-refractivity contribution is -0.129. The van der Waals surface area contributed by atoms with Gasteiger partial charge in [0.2, 0.25) is 11.7 Å². The summed E-state index contributed by atoms with van der Waals surface area (Å²) in [5.41, 5.74) is 1.71. The van der Waals surface area contributed by atoms with E-state index in [1.165, 1.54) is 16.6 Å². The molecule has 1 amide bonds. The summed E-state index contributed by atoms with van der Waals surface area (Å²) in [4.78, 5) is 33.2. The van der Waals surface area contributed by atoms with Gasteiger partial charge in [-0.15, -0.1) is 21.5 Å². The van der Waals surface area contributed by atoms with E-state index in [1.807, 2.05) is 21.4 Å². The van der Waals surface area contributed by atoms with Crippen molar-refractivity contribution in [3.8, 4) is 5.69 Å². The number of thioether (sulfide) groups is 1. The summed E-state index contributed by atoms with van der Waals surface area (Å²) in [5.74, 6) is 1.54. The minimum Gasteiger partial charge on any atom is -0.342 e. The van der Waals surface area contributed by atoms with Crippen molar-refractivity contribution in [2.24, 2.45) is 5.92 Å². The molecule has 1 aromatic carbocycles. The van der Waals surface area contributed by atoms with E-state index in [0.29, 0.717) is 33.3 Å². The highest BCUT2D eigenvalue weighted by molar-refractivity contribution is 7.99. The van der Waals surface area contributed by atoms with Gasteiger partial charge in [0.05, 0.1) is 16.8 Å². The summed E-state index contributed by atoms with van der Waals surface area (Å²) in [6.07, 6.45) is 2.92. The zero-order chi connectivity index (χ0) is 25.0. The highest BCUT2D eigenvalue weighted by atomic mass is 35.5. The number of hydrogen-bond acceptors (Lipinski definition) is 7. The maximum absolute atomic E-state index is 13.9. The molecule has 3 aromatic heterocycles. The predicted molar refractivity (Wildman–Crippen MR) is 145 cm³/mol.